The van der Waals surface area contributed by atoms with Crippen molar-refractivity contribution in [3.63, 3.8) is 0 Å². The van der Waals surface area contributed by atoms with E-state index < -0.39 is 12.0 Å². The first kappa shape index (κ1) is 24.8. The number of aryl methyl sites for hydroxylation is 1. The van der Waals surface area contributed by atoms with E-state index in [1.165, 1.54) is 0 Å². The number of hydrogen-bond acceptors (Lipinski definition) is 5. The molecule has 7 nitrogen and oxygen atoms in total. The molecule has 0 aliphatic carbocycles. The van der Waals surface area contributed by atoms with Crippen molar-refractivity contribution in [3.05, 3.63) is 88.4 Å². The predicted octanol–water partition coefficient (Wildman–Crippen LogP) is 6.35. The number of hydrogen-bond donors (Lipinski definition) is 2. The molecule has 8 heteroatoms. The minimum absolute atomic E-state index is 0.149. The van der Waals surface area contributed by atoms with Crippen molar-refractivity contribution in [1.29, 1.82) is 0 Å². The van der Waals surface area contributed by atoms with Crippen molar-refractivity contribution in [3.8, 4) is 0 Å². The largest absolute Gasteiger partial charge is 0.355 e. The van der Waals surface area contributed by atoms with Gasteiger partial charge in [0.15, 0.2) is 5.78 Å². The number of anilines is 3. The molecular formula is C26H26ClN3O4. The number of rotatable bonds is 7. The summed E-state index contributed by atoms with van der Waals surface area (Å²) in [5.41, 5.74) is 3.60. The Balaban J connectivity index is 1.78. The molecule has 2 amide bonds. The van der Waals surface area contributed by atoms with E-state index in [1.54, 1.807) is 56.3 Å². The van der Waals surface area contributed by atoms with Crippen molar-refractivity contribution < 1.29 is 19.2 Å². The molecule has 0 saturated heterocycles. The Bertz CT molecular complexity index is 1210. The molecule has 0 bridgehead atoms. The Morgan fingerprint density at radius 3 is 2.24 bits per heavy atom. The van der Waals surface area contributed by atoms with Gasteiger partial charge in [-0.3, -0.25) is 4.79 Å². The average molecular weight is 480 g/mol. The number of hydroxylamine groups is 2. The maximum Gasteiger partial charge on any atom is 0.355 e. The van der Waals surface area contributed by atoms with Gasteiger partial charge in [0.05, 0.1) is 22.9 Å². The number of carbonyl (C=O) groups is 3. The van der Waals surface area contributed by atoms with Crippen LogP contribution in [0.1, 0.15) is 41.8 Å². The summed E-state index contributed by atoms with van der Waals surface area (Å²) >= 11 is 6.45. The van der Waals surface area contributed by atoms with E-state index in [2.05, 4.69) is 10.6 Å². The quantitative estimate of drug-likeness (QED) is 0.304. The molecule has 0 heterocycles. The highest BCUT2D eigenvalue weighted by molar-refractivity contribution is 6.35. The number of benzene rings is 3. The third-order valence-electron chi connectivity index (χ3n) is 5.07. The van der Waals surface area contributed by atoms with Crippen LogP contribution in [-0.4, -0.2) is 29.4 Å². The molecule has 0 unspecified atom stereocenters. The minimum Gasteiger partial charge on any atom is -0.354 e. The number of halogens is 1. The molecule has 0 aliphatic heterocycles. The number of nitrogens with one attached hydrogen (secondary N) is 2. The SMILES string of the molecule is CCC(=O)ON(CC)C(=O)Nc1ccccc1Nc1ccc(C(=O)c2ccccc2C)c(Cl)c1. The molecule has 2 N–H and O–H groups in total. The van der Waals surface area contributed by atoms with Crippen LogP contribution in [0.25, 0.3) is 0 Å². The van der Waals surface area contributed by atoms with Crippen molar-refractivity contribution in [1.82, 2.24) is 5.06 Å². The van der Waals surface area contributed by atoms with Crippen LogP contribution in [0.4, 0.5) is 21.9 Å². The van der Waals surface area contributed by atoms with Crippen LogP contribution in [0, 0.1) is 6.92 Å². The fraction of sp³-hybridized carbons (Fsp3) is 0.192. The molecule has 176 valence electrons. The number of amides is 2. The van der Waals surface area contributed by atoms with Gasteiger partial charge in [-0.1, -0.05) is 54.9 Å². The minimum atomic E-state index is -0.573. The number of para-hydroxylation sites is 2. The smallest absolute Gasteiger partial charge is 0.354 e. The van der Waals surface area contributed by atoms with E-state index in [0.717, 1.165) is 10.6 Å². The van der Waals surface area contributed by atoms with Crippen molar-refractivity contribution in [2.75, 3.05) is 17.2 Å². The Morgan fingerprint density at radius 2 is 1.59 bits per heavy atom. The Labute approximate surface area is 203 Å². The van der Waals surface area contributed by atoms with Gasteiger partial charge in [-0.25, -0.2) is 9.59 Å². The molecule has 0 atom stereocenters. The Morgan fingerprint density at radius 1 is 0.912 bits per heavy atom. The number of carbonyl (C=O) groups excluding carboxylic acids is 3. The molecule has 3 rings (SSSR count). The van der Waals surface area contributed by atoms with E-state index in [0.29, 0.717) is 33.2 Å². The van der Waals surface area contributed by atoms with Gasteiger partial charge in [0, 0.05) is 23.2 Å². The van der Waals surface area contributed by atoms with Gasteiger partial charge in [0.2, 0.25) is 0 Å². The monoisotopic (exact) mass is 479 g/mol. The molecule has 0 saturated carbocycles. The topological polar surface area (TPSA) is 87.7 Å². The summed E-state index contributed by atoms with van der Waals surface area (Å²) in [6.07, 6.45) is 0.158. The van der Waals surface area contributed by atoms with Gasteiger partial charge in [-0.2, -0.15) is 5.06 Å². The second-order valence-electron chi connectivity index (χ2n) is 7.45. The van der Waals surface area contributed by atoms with Crippen LogP contribution in [0.15, 0.2) is 66.7 Å². The van der Waals surface area contributed by atoms with E-state index in [4.69, 9.17) is 16.4 Å². The van der Waals surface area contributed by atoms with Gasteiger partial charge < -0.3 is 15.5 Å². The lowest BCUT2D eigenvalue weighted by Crippen LogP contribution is -2.36. The van der Waals surface area contributed by atoms with Gasteiger partial charge in [-0.15, -0.1) is 0 Å². The van der Waals surface area contributed by atoms with E-state index in [-0.39, 0.29) is 18.7 Å². The van der Waals surface area contributed by atoms with Gasteiger partial charge in [-0.05, 0) is 49.7 Å². The fourth-order valence-electron chi connectivity index (χ4n) is 3.22. The van der Waals surface area contributed by atoms with Crippen LogP contribution >= 0.6 is 11.6 Å². The summed E-state index contributed by atoms with van der Waals surface area (Å²) in [5, 5.41) is 7.22. The average Bonchev–Trinajstić information content (AvgIpc) is 2.83. The zero-order chi connectivity index (χ0) is 24.7. The second-order valence-corrected chi connectivity index (χ2v) is 7.86. The number of nitrogens with zero attached hydrogens (tertiary/aromatic N) is 1. The highest BCUT2D eigenvalue weighted by atomic mass is 35.5. The molecule has 0 aliphatic rings. The summed E-state index contributed by atoms with van der Waals surface area (Å²) in [6.45, 7) is 5.43. The van der Waals surface area contributed by atoms with Crippen molar-refractivity contribution in [2.24, 2.45) is 0 Å². The number of urea groups is 1. The predicted molar refractivity (Wildman–Crippen MR) is 134 cm³/mol. The first-order valence-electron chi connectivity index (χ1n) is 10.9. The summed E-state index contributed by atoms with van der Waals surface area (Å²) in [4.78, 5) is 42.1. The van der Waals surface area contributed by atoms with Gasteiger partial charge >= 0.3 is 12.0 Å². The highest BCUT2D eigenvalue weighted by Crippen LogP contribution is 2.29. The summed E-state index contributed by atoms with van der Waals surface area (Å²) < 4.78 is 0. The van der Waals surface area contributed by atoms with Crippen LogP contribution in [0.3, 0.4) is 0 Å². The van der Waals surface area contributed by atoms with Crippen molar-refractivity contribution in [2.45, 2.75) is 27.2 Å². The zero-order valence-electron chi connectivity index (χ0n) is 19.2. The molecule has 34 heavy (non-hydrogen) atoms. The second kappa shape index (κ2) is 11.3. The molecule has 0 aromatic heterocycles. The third-order valence-corrected chi connectivity index (χ3v) is 5.38. The molecule has 0 fully saturated rings. The molecular weight excluding hydrogens is 454 g/mol. The molecule has 0 spiro atoms. The first-order chi connectivity index (χ1) is 16.3. The summed E-state index contributed by atoms with van der Waals surface area (Å²) in [6, 6.07) is 18.9. The normalized spacial score (nSPS) is 10.4. The van der Waals surface area contributed by atoms with Crippen LogP contribution in [-0.2, 0) is 9.63 Å². The van der Waals surface area contributed by atoms with E-state index in [9.17, 15) is 14.4 Å². The van der Waals surface area contributed by atoms with Crippen LogP contribution < -0.4 is 10.6 Å². The Hall–Kier alpha value is -3.84. The summed E-state index contributed by atoms with van der Waals surface area (Å²) in [5.74, 6) is -0.651. The number of ketones is 1. The first-order valence-corrected chi connectivity index (χ1v) is 11.3. The zero-order valence-corrected chi connectivity index (χ0v) is 20.0. The fourth-order valence-corrected chi connectivity index (χ4v) is 3.49. The van der Waals surface area contributed by atoms with Gasteiger partial charge in [0.25, 0.3) is 0 Å². The Kier molecular flexibility index (Phi) is 8.27. The maximum absolute atomic E-state index is 12.9. The van der Waals surface area contributed by atoms with E-state index in [1.807, 2.05) is 31.2 Å². The maximum atomic E-state index is 12.9. The lowest BCUT2D eigenvalue weighted by Gasteiger charge is -2.21. The standard InChI is InChI=1S/C26H26ClN3O4/c1-4-24(31)34-30(5-2)26(33)29-23-13-9-8-12-22(23)28-18-14-15-20(21(27)16-18)25(32)19-11-7-6-10-17(19)3/h6-16,28H,4-5H2,1-3H3,(H,29,33). The van der Waals surface area contributed by atoms with Gasteiger partial charge in [0.1, 0.15) is 0 Å². The van der Waals surface area contributed by atoms with Crippen LogP contribution in [0.2, 0.25) is 5.02 Å². The lowest BCUT2D eigenvalue weighted by atomic mass is 9.99. The van der Waals surface area contributed by atoms with Crippen LogP contribution in [0.5, 0.6) is 0 Å². The molecule has 3 aromatic rings. The molecule has 3 aromatic carbocycles. The lowest BCUT2D eigenvalue weighted by molar-refractivity contribution is -0.174. The van der Waals surface area contributed by atoms with E-state index >= 15 is 0 Å². The third kappa shape index (κ3) is 5.94. The summed E-state index contributed by atoms with van der Waals surface area (Å²) in [7, 11) is 0. The highest BCUT2D eigenvalue weighted by Gasteiger charge is 2.18. The van der Waals surface area contributed by atoms with Crippen molar-refractivity contribution >= 4 is 46.4 Å². The molecule has 0 radical (unpaired) electrons.